The largest absolute Gasteiger partial charge is 0.480 e. The Hall–Kier alpha value is -1.67. The number of urea groups is 1. The maximum atomic E-state index is 11.9. The van der Waals surface area contributed by atoms with Crippen LogP contribution in [0, 0.1) is 0 Å². The van der Waals surface area contributed by atoms with Gasteiger partial charge in [0.1, 0.15) is 6.61 Å². The van der Waals surface area contributed by atoms with Crippen LogP contribution < -0.4 is 5.32 Å². The number of thiazole rings is 1. The van der Waals surface area contributed by atoms with Crippen LogP contribution >= 0.6 is 11.3 Å². The Kier molecular flexibility index (Phi) is 4.69. The number of hydrogen-bond donors (Lipinski definition) is 2. The normalized spacial score (nSPS) is 16.3. The number of aliphatic carboxylic acids is 1. The van der Waals surface area contributed by atoms with Gasteiger partial charge in [-0.2, -0.15) is 0 Å². The van der Waals surface area contributed by atoms with Crippen molar-refractivity contribution in [2.45, 2.75) is 18.9 Å². The second kappa shape index (κ2) is 6.48. The second-order valence-corrected chi connectivity index (χ2v) is 5.05. The number of anilines is 1. The highest BCUT2D eigenvalue weighted by Gasteiger charge is 2.24. The minimum Gasteiger partial charge on any atom is -0.480 e. The average molecular weight is 285 g/mol. The van der Waals surface area contributed by atoms with E-state index in [9.17, 15) is 9.59 Å². The van der Waals surface area contributed by atoms with E-state index in [4.69, 9.17) is 9.84 Å². The summed E-state index contributed by atoms with van der Waals surface area (Å²) in [6.07, 6.45) is 2.85. The monoisotopic (exact) mass is 285 g/mol. The molecule has 2 N–H and O–H groups in total. The highest BCUT2D eigenvalue weighted by atomic mass is 32.1. The van der Waals surface area contributed by atoms with Gasteiger partial charge < -0.3 is 14.7 Å². The zero-order chi connectivity index (χ0) is 13.7. The minimum atomic E-state index is -0.969. The number of nitrogens with zero attached hydrogens (tertiary/aromatic N) is 2. The first-order valence-electron chi connectivity index (χ1n) is 5.94. The van der Waals surface area contributed by atoms with Crippen molar-refractivity contribution in [3.63, 3.8) is 0 Å². The lowest BCUT2D eigenvalue weighted by molar-refractivity contribution is -0.145. The maximum absolute atomic E-state index is 11.9. The number of amides is 2. The number of carbonyl (C=O) groups is 2. The third-order valence-corrected chi connectivity index (χ3v) is 3.51. The van der Waals surface area contributed by atoms with Crippen molar-refractivity contribution >= 4 is 28.5 Å². The van der Waals surface area contributed by atoms with Crippen LogP contribution in [0.25, 0.3) is 0 Å². The third kappa shape index (κ3) is 4.18. The molecule has 104 valence electrons. The average Bonchev–Trinajstić information content (AvgIpc) is 2.89. The van der Waals surface area contributed by atoms with Gasteiger partial charge >= 0.3 is 12.0 Å². The van der Waals surface area contributed by atoms with E-state index in [1.54, 1.807) is 16.5 Å². The Morgan fingerprint density at radius 2 is 2.26 bits per heavy atom. The fraction of sp³-hybridized carbons (Fsp3) is 0.545. The maximum Gasteiger partial charge on any atom is 0.329 e. The van der Waals surface area contributed by atoms with Crippen molar-refractivity contribution in [3.05, 3.63) is 11.6 Å². The van der Waals surface area contributed by atoms with Gasteiger partial charge in [-0.25, -0.2) is 14.6 Å². The van der Waals surface area contributed by atoms with Crippen molar-refractivity contribution < 1.29 is 19.4 Å². The van der Waals surface area contributed by atoms with E-state index in [-0.39, 0.29) is 18.7 Å². The predicted octanol–water partition coefficient (Wildman–Crippen LogP) is 1.24. The van der Waals surface area contributed by atoms with E-state index in [0.29, 0.717) is 31.1 Å². The third-order valence-electron chi connectivity index (χ3n) is 2.82. The number of hydrogen-bond acceptors (Lipinski definition) is 5. The molecule has 0 spiro atoms. The van der Waals surface area contributed by atoms with Gasteiger partial charge in [0, 0.05) is 24.7 Å². The summed E-state index contributed by atoms with van der Waals surface area (Å²) < 4.78 is 5.21. The lowest BCUT2D eigenvalue weighted by Crippen LogP contribution is -2.43. The van der Waals surface area contributed by atoms with Crippen LogP contribution in [0.1, 0.15) is 12.8 Å². The Morgan fingerprint density at radius 1 is 1.53 bits per heavy atom. The highest BCUT2D eigenvalue weighted by Crippen LogP contribution is 2.16. The van der Waals surface area contributed by atoms with Crippen LogP contribution in [0.4, 0.5) is 9.93 Å². The van der Waals surface area contributed by atoms with E-state index in [2.05, 4.69) is 10.3 Å². The van der Waals surface area contributed by atoms with Crippen molar-refractivity contribution in [2.75, 3.05) is 25.0 Å². The summed E-state index contributed by atoms with van der Waals surface area (Å²) in [5, 5.41) is 13.6. The topological polar surface area (TPSA) is 91.8 Å². The molecule has 1 fully saturated rings. The second-order valence-electron chi connectivity index (χ2n) is 4.16. The molecule has 1 aliphatic rings. The van der Waals surface area contributed by atoms with Crippen molar-refractivity contribution in [2.24, 2.45) is 0 Å². The van der Waals surface area contributed by atoms with E-state index in [1.165, 1.54) is 11.3 Å². The van der Waals surface area contributed by atoms with Gasteiger partial charge in [-0.3, -0.25) is 5.32 Å². The van der Waals surface area contributed by atoms with Crippen molar-refractivity contribution in [1.29, 1.82) is 0 Å². The molecule has 7 nitrogen and oxygen atoms in total. The molecule has 0 bridgehead atoms. The molecule has 0 aliphatic carbocycles. The zero-order valence-electron chi connectivity index (χ0n) is 10.2. The molecular weight excluding hydrogens is 270 g/mol. The van der Waals surface area contributed by atoms with Crippen LogP contribution in [-0.2, 0) is 9.53 Å². The molecule has 8 heteroatoms. The van der Waals surface area contributed by atoms with Crippen molar-refractivity contribution in [3.8, 4) is 0 Å². The van der Waals surface area contributed by atoms with E-state index >= 15 is 0 Å². The molecule has 1 saturated heterocycles. The molecule has 2 amide bonds. The molecule has 2 heterocycles. The zero-order valence-corrected chi connectivity index (χ0v) is 11.1. The first kappa shape index (κ1) is 13.8. The minimum absolute atomic E-state index is 0.0833. The van der Waals surface area contributed by atoms with Gasteiger partial charge in [-0.1, -0.05) is 0 Å². The Labute approximate surface area is 114 Å². The Bertz CT molecular complexity index is 429. The van der Waals surface area contributed by atoms with Crippen LogP contribution in [0.15, 0.2) is 11.6 Å². The first-order chi connectivity index (χ1) is 9.15. The molecule has 0 saturated carbocycles. The van der Waals surface area contributed by atoms with Crippen LogP contribution in [0.3, 0.4) is 0 Å². The first-order valence-corrected chi connectivity index (χ1v) is 6.82. The Morgan fingerprint density at radius 3 is 2.84 bits per heavy atom. The molecule has 2 rings (SSSR count). The molecule has 0 aromatic carbocycles. The summed E-state index contributed by atoms with van der Waals surface area (Å²) in [6.45, 7) is 0.832. The molecule has 19 heavy (non-hydrogen) atoms. The molecular formula is C11H15N3O4S. The van der Waals surface area contributed by atoms with Gasteiger partial charge in [0.2, 0.25) is 0 Å². The van der Waals surface area contributed by atoms with Crippen LogP contribution in [-0.4, -0.2) is 52.8 Å². The Balaban J connectivity index is 1.73. The number of carboxylic acids is 1. The van der Waals surface area contributed by atoms with E-state index in [1.807, 2.05) is 0 Å². The number of likely N-dealkylation sites (tertiary alicyclic amines) is 1. The fourth-order valence-electron chi connectivity index (χ4n) is 1.87. The number of rotatable bonds is 4. The summed E-state index contributed by atoms with van der Waals surface area (Å²) in [4.78, 5) is 27.9. The molecule has 1 aromatic rings. The number of carboxylic acid groups (broad SMARTS) is 1. The molecule has 0 unspecified atom stereocenters. The number of ether oxygens (including phenoxy) is 1. The van der Waals surface area contributed by atoms with Gasteiger partial charge in [0.05, 0.1) is 6.10 Å². The van der Waals surface area contributed by atoms with Gasteiger partial charge in [-0.15, -0.1) is 11.3 Å². The predicted molar refractivity (Wildman–Crippen MR) is 69.3 cm³/mol. The number of aromatic nitrogens is 1. The summed E-state index contributed by atoms with van der Waals surface area (Å²) in [6, 6.07) is -0.174. The van der Waals surface area contributed by atoms with Gasteiger partial charge in [0.25, 0.3) is 0 Å². The standard InChI is InChI=1S/C11H15N3O4S/c15-9(16)7-18-8-1-4-14(5-2-8)11(17)13-10-12-3-6-19-10/h3,6,8H,1-2,4-5,7H2,(H,15,16)(H,12,13,17). The lowest BCUT2D eigenvalue weighted by Gasteiger charge is -2.31. The molecule has 0 radical (unpaired) electrons. The highest BCUT2D eigenvalue weighted by molar-refractivity contribution is 7.13. The number of nitrogens with one attached hydrogen (secondary N) is 1. The van der Waals surface area contributed by atoms with Gasteiger partial charge in [-0.05, 0) is 12.8 Å². The van der Waals surface area contributed by atoms with Crippen molar-refractivity contribution in [1.82, 2.24) is 9.88 Å². The SMILES string of the molecule is O=C(O)COC1CCN(C(=O)Nc2nccs2)CC1. The summed E-state index contributed by atoms with van der Waals surface area (Å²) in [5.41, 5.74) is 0. The lowest BCUT2D eigenvalue weighted by atomic mass is 10.1. The molecule has 0 atom stereocenters. The van der Waals surface area contributed by atoms with E-state index < -0.39 is 5.97 Å². The summed E-state index contributed by atoms with van der Waals surface area (Å²) >= 11 is 1.37. The van der Waals surface area contributed by atoms with Gasteiger partial charge in [0.15, 0.2) is 5.13 Å². The molecule has 1 aromatic heterocycles. The quantitative estimate of drug-likeness (QED) is 0.868. The number of piperidine rings is 1. The molecule has 1 aliphatic heterocycles. The van der Waals surface area contributed by atoms with E-state index in [0.717, 1.165) is 0 Å². The number of carbonyl (C=O) groups excluding carboxylic acids is 1. The fourth-order valence-corrected chi connectivity index (χ4v) is 2.39. The smallest absolute Gasteiger partial charge is 0.329 e. The van der Waals surface area contributed by atoms with Crippen LogP contribution in [0.5, 0.6) is 0 Å². The van der Waals surface area contributed by atoms with Crippen LogP contribution in [0.2, 0.25) is 0 Å². The summed E-state index contributed by atoms with van der Waals surface area (Å²) in [7, 11) is 0. The summed E-state index contributed by atoms with van der Waals surface area (Å²) in [5.74, 6) is -0.969.